The number of anilines is 2. The number of aromatic nitrogens is 4. The van der Waals surface area contributed by atoms with Gasteiger partial charge in [0.05, 0.1) is 49.7 Å². The number of hydrogen-bond donors (Lipinski definition) is 6. The summed E-state index contributed by atoms with van der Waals surface area (Å²) >= 11 is 0. The van der Waals surface area contributed by atoms with E-state index < -0.39 is 54.5 Å². The van der Waals surface area contributed by atoms with Crippen molar-refractivity contribution in [2.45, 2.75) is 94.5 Å². The summed E-state index contributed by atoms with van der Waals surface area (Å²) in [5.41, 5.74) is 3.96. The van der Waals surface area contributed by atoms with Crippen LogP contribution in [0.3, 0.4) is 0 Å². The number of ether oxygens (including phenoxy) is 2. The van der Waals surface area contributed by atoms with Crippen molar-refractivity contribution in [1.82, 2.24) is 45.3 Å². The monoisotopic (exact) mass is 1090 g/mol. The molecule has 0 radical (unpaired) electrons. The highest BCUT2D eigenvalue weighted by atomic mass is 16.5. The Morgan fingerprint density at radius 1 is 0.938 bits per heavy atom. The second-order valence-corrected chi connectivity index (χ2v) is 21.4. The van der Waals surface area contributed by atoms with E-state index in [1.54, 1.807) is 36.0 Å². The zero-order valence-electron chi connectivity index (χ0n) is 45.4. The number of benzene rings is 3. The lowest BCUT2D eigenvalue weighted by Gasteiger charge is -2.45. The van der Waals surface area contributed by atoms with Crippen LogP contribution in [0.2, 0.25) is 0 Å². The molecule has 6 N–H and O–H groups in total. The zero-order valence-corrected chi connectivity index (χ0v) is 45.4. The molecule has 80 heavy (non-hydrogen) atoms. The molecule has 0 bridgehead atoms. The number of aliphatic hydroxyl groups excluding tert-OH is 1. The fraction of sp³-hybridized carbons (Fsp3) is 0.424. The number of urea groups is 1. The van der Waals surface area contributed by atoms with E-state index in [1.807, 2.05) is 54.7 Å². The number of carboxylic acids is 1. The SMILES string of the molecule is COc1ccc(C#CCNC2(C)CCN(C3CCN(c4nc([C@@](CO)(OC5CC5)c5ccccc5)c5cc(-c6cn(C)c(=O)c7[nH]ccc67)ccc5n4)CC3)CC2)cc1N1CCC(=O)N(CNC(=O)[C@H](CC(=O)O)NC(C)=O)C1=O. The van der Waals surface area contributed by atoms with Crippen molar-refractivity contribution >= 4 is 63.2 Å². The number of hydrogen-bond acceptors (Lipinski definition) is 14. The van der Waals surface area contributed by atoms with Crippen molar-refractivity contribution in [3.63, 3.8) is 0 Å². The molecule has 2 atom stereocenters. The maximum absolute atomic E-state index is 13.7. The number of nitrogens with one attached hydrogen (secondary N) is 4. The maximum atomic E-state index is 13.7. The third-order valence-electron chi connectivity index (χ3n) is 15.9. The van der Waals surface area contributed by atoms with Crippen LogP contribution in [-0.2, 0) is 36.6 Å². The first-order valence-electron chi connectivity index (χ1n) is 27.2. The number of aliphatic carboxylic acids is 1. The quantitative estimate of drug-likeness (QED) is 0.0645. The third-order valence-corrected chi connectivity index (χ3v) is 15.9. The van der Waals surface area contributed by atoms with Gasteiger partial charge < -0.3 is 55.0 Å². The van der Waals surface area contributed by atoms with Gasteiger partial charge in [0.2, 0.25) is 23.7 Å². The molecule has 4 aliphatic rings. The first-order valence-corrected chi connectivity index (χ1v) is 27.2. The Balaban J connectivity index is 0.785. The van der Waals surface area contributed by atoms with Crippen molar-refractivity contribution in [2.75, 3.05) is 69.5 Å². The van der Waals surface area contributed by atoms with Crippen molar-refractivity contribution in [3.8, 4) is 28.7 Å². The first kappa shape index (κ1) is 55.2. The van der Waals surface area contributed by atoms with Crippen molar-refractivity contribution in [1.29, 1.82) is 0 Å². The van der Waals surface area contributed by atoms with Crippen LogP contribution in [0.15, 0.2) is 90.0 Å². The minimum absolute atomic E-state index is 0.0171. The third kappa shape index (κ3) is 11.6. The summed E-state index contributed by atoms with van der Waals surface area (Å²) in [5, 5.41) is 30.7. The van der Waals surface area contributed by atoms with E-state index >= 15 is 0 Å². The number of nitrogens with zero attached hydrogens (tertiary/aromatic N) is 7. The molecular weight excluding hydrogens is 1020 g/mol. The summed E-state index contributed by atoms with van der Waals surface area (Å²) in [6.45, 7) is 6.37. The van der Waals surface area contributed by atoms with E-state index in [-0.39, 0.29) is 36.8 Å². The van der Waals surface area contributed by atoms with E-state index in [1.165, 1.54) is 12.0 Å². The molecule has 418 valence electrons. The van der Waals surface area contributed by atoms with Gasteiger partial charge in [0.1, 0.15) is 24.0 Å². The van der Waals surface area contributed by atoms with E-state index in [0.29, 0.717) is 46.7 Å². The van der Waals surface area contributed by atoms with Gasteiger partial charge in [-0.2, -0.15) is 0 Å². The second kappa shape index (κ2) is 23.3. The molecule has 4 fully saturated rings. The lowest BCUT2D eigenvalue weighted by atomic mass is 9.87. The van der Waals surface area contributed by atoms with Crippen LogP contribution in [-0.4, -0.2) is 153 Å². The number of carbonyl (C=O) groups is 5. The van der Waals surface area contributed by atoms with Gasteiger partial charge >= 0.3 is 12.0 Å². The summed E-state index contributed by atoms with van der Waals surface area (Å²) in [7, 11) is 3.22. The molecule has 6 heterocycles. The van der Waals surface area contributed by atoms with Crippen molar-refractivity contribution < 1.29 is 43.7 Å². The molecule has 3 aliphatic heterocycles. The molecule has 3 aromatic heterocycles. The summed E-state index contributed by atoms with van der Waals surface area (Å²) < 4.78 is 14.1. The molecule has 6 aromatic rings. The number of methoxy groups -OCH3 is 1. The Morgan fingerprint density at radius 3 is 2.40 bits per heavy atom. The van der Waals surface area contributed by atoms with Crippen LogP contribution in [0, 0.1) is 11.8 Å². The van der Waals surface area contributed by atoms with Gasteiger partial charge in [-0.15, -0.1) is 0 Å². The number of aryl methyl sites for hydroxylation is 1. The average molecular weight is 1090 g/mol. The number of H-pyrrole nitrogens is 1. The smallest absolute Gasteiger partial charge is 0.332 e. The van der Waals surface area contributed by atoms with Gasteiger partial charge in [0.15, 0.2) is 5.60 Å². The lowest BCUT2D eigenvalue weighted by Crippen LogP contribution is -2.57. The summed E-state index contributed by atoms with van der Waals surface area (Å²) in [4.78, 5) is 96.2. The number of fused-ring (bicyclic) bond motifs is 2. The molecule has 21 heteroatoms. The highest BCUT2D eigenvalue weighted by Gasteiger charge is 2.44. The van der Waals surface area contributed by atoms with Gasteiger partial charge in [-0.05, 0) is 93.0 Å². The highest BCUT2D eigenvalue weighted by Crippen LogP contribution is 2.44. The normalized spacial score (nSPS) is 18.1. The zero-order chi connectivity index (χ0) is 56.3. The molecule has 3 aromatic carbocycles. The molecule has 1 aliphatic carbocycles. The van der Waals surface area contributed by atoms with Crippen LogP contribution >= 0.6 is 0 Å². The molecule has 10 rings (SSSR count). The Hall–Kier alpha value is -8.16. The Morgan fingerprint density at radius 2 is 1.70 bits per heavy atom. The van der Waals surface area contributed by atoms with Crippen LogP contribution in [0.1, 0.15) is 82.0 Å². The molecule has 0 spiro atoms. The Kier molecular flexibility index (Phi) is 16.1. The standard InChI is InChI=1S/C59H67N11O10/c1-37(72)63-47(33-51(74)75)54(76)61-36-70-50(73)21-28-69(57(70)78)48-31-38(12-17-49(48)79-4)9-8-24-62-58(2)22-29-67(30-23-58)41-19-26-68(27-20-41)56-64-46-16-13-39(45-34-66(3)55(77)52-43(45)18-25-60-52)32-44(46)53(65-56)59(35-71,80-42-14-15-42)40-10-6-5-7-11-40/h5-7,10-13,16-18,25,31-32,34,41-42,47,60,62,71H,14-15,19-24,26-30,33,35-36H2,1-4H3,(H,61,76)(H,63,72)(H,74,75)/t47-,59-/m0/s1. The minimum Gasteiger partial charge on any atom is -0.495 e. The van der Waals surface area contributed by atoms with Gasteiger partial charge in [0, 0.05) is 99.0 Å². The Bertz CT molecular complexity index is 3450. The minimum atomic E-state index is -1.40. The number of pyridine rings is 1. The van der Waals surface area contributed by atoms with Crippen LogP contribution in [0.5, 0.6) is 5.75 Å². The highest BCUT2D eigenvalue weighted by molar-refractivity contribution is 6.07. The van der Waals surface area contributed by atoms with Crippen LogP contribution < -0.4 is 36.0 Å². The molecule has 3 saturated heterocycles. The number of aliphatic hydroxyl groups is 1. The van der Waals surface area contributed by atoms with E-state index in [0.717, 1.165) is 110 Å². The van der Waals surface area contributed by atoms with Crippen molar-refractivity contribution in [2.24, 2.45) is 7.05 Å². The molecule has 5 amide bonds. The molecule has 1 saturated carbocycles. The number of carbonyl (C=O) groups excluding carboxylic acids is 4. The average Bonchev–Trinajstić information content (AvgIpc) is 4.22. The number of amides is 5. The van der Waals surface area contributed by atoms with E-state index in [2.05, 4.69) is 55.6 Å². The maximum Gasteiger partial charge on any atom is 0.332 e. The van der Waals surface area contributed by atoms with Gasteiger partial charge in [-0.1, -0.05) is 48.2 Å². The second-order valence-electron chi connectivity index (χ2n) is 21.4. The van der Waals surface area contributed by atoms with Crippen molar-refractivity contribution in [3.05, 3.63) is 112 Å². The summed E-state index contributed by atoms with van der Waals surface area (Å²) in [5.74, 6) is 4.12. The van der Waals surface area contributed by atoms with Gasteiger partial charge in [-0.3, -0.25) is 28.9 Å². The predicted octanol–water partition coefficient (Wildman–Crippen LogP) is 4.58. The van der Waals surface area contributed by atoms with Gasteiger partial charge in [0.25, 0.3) is 5.56 Å². The molecule has 0 unspecified atom stereocenters. The first-order chi connectivity index (χ1) is 38.6. The fourth-order valence-corrected chi connectivity index (χ4v) is 11.2. The van der Waals surface area contributed by atoms with Crippen LogP contribution in [0.4, 0.5) is 16.4 Å². The fourth-order valence-electron chi connectivity index (χ4n) is 11.2. The predicted molar refractivity (Wildman–Crippen MR) is 300 cm³/mol. The Labute approximate surface area is 462 Å². The summed E-state index contributed by atoms with van der Waals surface area (Å²) in [6.07, 6.45) is 8.41. The molecular formula is C59H67N11O10. The summed E-state index contributed by atoms with van der Waals surface area (Å²) in [6, 6.07) is 21.4. The van der Waals surface area contributed by atoms with E-state index in [9.17, 15) is 39.0 Å². The van der Waals surface area contributed by atoms with Crippen LogP contribution in [0.25, 0.3) is 32.9 Å². The number of rotatable bonds is 18. The lowest BCUT2D eigenvalue weighted by molar-refractivity contribution is -0.141. The number of piperidine rings is 2. The number of carboxylic acid groups (broad SMARTS) is 1. The number of likely N-dealkylation sites (tertiary alicyclic amines) is 1. The topological polar surface area (TPSA) is 257 Å². The molecule has 21 nitrogen and oxygen atoms in total. The number of imide groups is 1. The largest absolute Gasteiger partial charge is 0.495 e. The van der Waals surface area contributed by atoms with E-state index in [4.69, 9.17) is 19.4 Å². The number of aromatic amines is 1. The van der Waals surface area contributed by atoms with Gasteiger partial charge in [-0.25, -0.2) is 19.7 Å².